The van der Waals surface area contributed by atoms with Crippen LogP contribution in [0.3, 0.4) is 0 Å². The molecule has 5 nitrogen and oxygen atoms in total. The van der Waals surface area contributed by atoms with Crippen LogP contribution in [0.15, 0.2) is 18.3 Å². The first-order chi connectivity index (χ1) is 10.4. The number of hydrogen-bond donors (Lipinski definition) is 1. The number of benzene rings is 1. The van der Waals surface area contributed by atoms with E-state index in [4.69, 9.17) is 11.6 Å². The van der Waals surface area contributed by atoms with Crippen LogP contribution in [0.25, 0.3) is 10.9 Å². The Morgan fingerprint density at radius 2 is 2.23 bits per heavy atom. The summed E-state index contributed by atoms with van der Waals surface area (Å²) in [6, 6.07) is 4.23. The average molecular weight is 340 g/mol. The zero-order chi connectivity index (χ0) is 15.9. The molecule has 0 saturated carbocycles. The van der Waals surface area contributed by atoms with E-state index in [0.29, 0.717) is 17.5 Å². The molecule has 1 saturated heterocycles. The molecule has 3 rings (SSSR count). The fourth-order valence-corrected chi connectivity index (χ4v) is 4.50. The van der Waals surface area contributed by atoms with E-state index in [2.05, 4.69) is 10.3 Å². The lowest BCUT2D eigenvalue weighted by Crippen LogP contribution is -2.21. The lowest BCUT2D eigenvalue weighted by molar-refractivity contribution is 0.602. The fourth-order valence-electron chi connectivity index (χ4n) is 2.58. The van der Waals surface area contributed by atoms with Gasteiger partial charge >= 0.3 is 0 Å². The van der Waals surface area contributed by atoms with Gasteiger partial charge in [-0.2, -0.15) is 5.26 Å². The maximum absolute atomic E-state index is 13.9. The number of sulfone groups is 1. The van der Waals surface area contributed by atoms with Gasteiger partial charge in [0.15, 0.2) is 9.84 Å². The standard InChI is InChI=1S/C14H11ClFN3O2S/c15-10-1-2-11(16)14-12(10)13(8(5-17)6-18-14)19-9-3-4-22(20,21)7-9/h1-2,6,9H,3-4,7H2,(H,18,19)/t9-/m0/s1. The van der Waals surface area contributed by atoms with Crippen LogP contribution < -0.4 is 5.32 Å². The van der Waals surface area contributed by atoms with E-state index in [-0.39, 0.29) is 33.7 Å². The highest BCUT2D eigenvalue weighted by atomic mass is 35.5. The maximum Gasteiger partial charge on any atom is 0.152 e. The van der Waals surface area contributed by atoms with Gasteiger partial charge in [0, 0.05) is 17.6 Å². The molecule has 0 radical (unpaired) electrons. The molecule has 114 valence electrons. The Kier molecular flexibility index (Phi) is 3.67. The number of fused-ring (bicyclic) bond motifs is 1. The summed E-state index contributed by atoms with van der Waals surface area (Å²) in [6.45, 7) is 0. The van der Waals surface area contributed by atoms with Gasteiger partial charge in [-0.25, -0.2) is 12.8 Å². The lowest BCUT2D eigenvalue weighted by Gasteiger charge is -2.16. The summed E-state index contributed by atoms with van der Waals surface area (Å²) in [5.74, 6) is -0.474. The first-order valence-corrected chi connectivity index (χ1v) is 8.75. The topological polar surface area (TPSA) is 82.8 Å². The Bertz CT molecular complexity index is 908. The minimum atomic E-state index is -3.07. The number of aromatic nitrogens is 1. The largest absolute Gasteiger partial charge is 0.380 e. The Morgan fingerprint density at radius 3 is 2.86 bits per heavy atom. The minimum absolute atomic E-state index is 0.0192. The van der Waals surface area contributed by atoms with Gasteiger partial charge in [0.1, 0.15) is 17.4 Å². The summed E-state index contributed by atoms with van der Waals surface area (Å²) in [5.41, 5.74) is 0.582. The average Bonchev–Trinajstić information content (AvgIpc) is 2.82. The lowest BCUT2D eigenvalue weighted by atomic mass is 10.1. The third kappa shape index (κ3) is 2.60. The molecule has 2 aromatic rings. The van der Waals surface area contributed by atoms with E-state index >= 15 is 0 Å². The summed E-state index contributed by atoms with van der Waals surface area (Å²) in [5, 5.41) is 12.8. The number of nitriles is 1. The third-order valence-corrected chi connectivity index (χ3v) is 5.70. The van der Waals surface area contributed by atoms with Crippen LogP contribution in [-0.4, -0.2) is 30.9 Å². The Morgan fingerprint density at radius 1 is 1.45 bits per heavy atom. The van der Waals surface area contributed by atoms with Crippen LogP contribution in [-0.2, 0) is 9.84 Å². The molecule has 1 aromatic carbocycles. The molecule has 22 heavy (non-hydrogen) atoms. The number of rotatable bonds is 2. The molecule has 1 fully saturated rings. The number of hydrogen-bond acceptors (Lipinski definition) is 5. The molecule has 1 aliphatic heterocycles. The van der Waals surface area contributed by atoms with Crippen LogP contribution >= 0.6 is 11.6 Å². The van der Waals surface area contributed by atoms with Crippen molar-refractivity contribution in [1.29, 1.82) is 5.26 Å². The van der Waals surface area contributed by atoms with Crippen LogP contribution in [0.4, 0.5) is 10.1 Å². The second kappa shape index (κ2) is 5.38. The molecular formula is C14H11ClFN3O2S. The Hall–Kier alpha value is -1.91. The van der Waals surface area contributed by atoms with Gasteiger partial charge in [-0.1, -0.05) is 11.6 Å². The van der Waals surface area contributed by atoms with Crippen LogP contribution in [0.2, 0.25) is 5.02 Å². The first-order valence-electron chi connectivity index (χ1n) is 6.55. The second-order valence-electron chi connectivity index (χ2n) is 5.16. The summed E-state index contributed by atoms with van der Waals surface area (Å²) >= 11 is 6.13. The van der Waals surface area contributed by atoms with Crippen molar-refractivity contribution in [3.63, 3.8) is 0 Å². The molecule has 0 bridgehead atoms. The van der Waals surface area contributed by atoms with Crippen molar-refractivity contribution in [2.75, 3.05) is 16.8 Å². The van der Waals surface area contributed by atoms with Gasteiger partial charge in [-0.05, 0) is 18.6 Å². The van der Waals surface area contributed by atoms with Crippen molar-refractivity contribution in [3.8, 4) is 6.07 Å². The molecular weight excluding hydrogens is 329 g/mol. The maximum atomic E-state index is 13.9. The van der Waals surface area contributed by atoms with Crippen LogP contribution in [0.5, 0.6) is 0 Å². The molecule has 0 unspecified atom stereocenters. The molecule has 0 aliphatic carbocycles. The molecule has 2 heterocycles. The summed E-state index contributed by atoms with van der Waals surface area (Å²) in [4.78, 5) is 3.94. The number of anilines is 1. The third-order valence-electron chi connectivity index (χ3n) is 3.62. The summed E-state index contributed by atoms with van der Waals surface area (Å²) in [6.07, 6.45) is 1.69. The first kappa shape index (κ1) is 15.0. The van der Waals surface area contributed by atoms with E-state index in [9.17, 15) is 18.1 Å². The highest BCUT2D eigenvalue weighted by molar-refractivity contribution is 7.91. The van der Waals surface area contributed by atoms with Crippen molar-refractivity contribution in [2.24, 2.45) is 0 Å². The highest BCUT2D eigenvalue weighted by Gasteiger charge is 2.29. The number of nitrogens with zero attached hydrogens (tertiary/aromatic N) is 2. The molecule has 0 spiro atoms. The smallest absolute Gasteiger partial charge is 0.152 e. The zero-order valence-corrected chi connectivity index (χ0v) is 12.9. The van der Waals surface area contributed by atoms with Gasteiger partial charge in [-0.3, -0.25) is 4.98 Å². The van der Waals surface area contributed by atoms with Crippen LogP contribution in [0, 0.1) is 17.1 Å². The summed E-state index contributed by atoms with van der Waals surface area (Å²) in [7, 11) is -3.07. The van der Waals surface area contributed by atoms with Crippen molar-refractivity contribution in [1.82, 2.24) is 4.98 Å². The zero-order valence-electron chi connectivity index (χ0n) is 11.3. The second-order valence-corrected chi connectivity index (χ2v) is 7.79. The molecule has 0 amide bonds. The van der Waals surface area contributed by atoms with E-state index in [1.807, 2.05) is 6.07 Å². The highest BCUT2D eigenvalue weighted by Crippen LogP contribution is 2.34. The quantitative estimate of drug-likeness (QED) is 0.908. The minimum Gasteiger partial charge on any atom is -0.380 e. The van der Waals surface area contributed by atoms with Crippen LogP contribution in [0.1, 0.15) is 12.0 Å². The monoisotopic (exact) mass is 339 g/mol. The van der Waals surface area contributed by atoms with Gasteiger partial charge in [-0.15, -0.1) is 0 Å². The molecule has 1 aromatic heterocycles. The van der Waals surface area contributed by atoms with Crippen molar-refractivity contribution in [2.45, 2.75) is 12.5 Å². The number of halogens is 2. The molecule has 8 heteroatoms. The Balaban J connectivity index is 2.15. The van der Waals surface area contributed by atoms with Crippen molar-refractivity contribution in [3.05, 3.63) is 34.7 Å². The van der Waals surface area contributed by atoms with Gasteiger partial charge in [0.25, 0.3) is 0 Å². The summed E-state index contributed by atoms with van der Waals surface area (Å²) < 4.78 is 37.0. The van der Waals surface area contributed by atoms with E-state index in [1.165, 1.54) is 18.3 Å². The van der Waals surface area contributed by atoms with Crippen molar-refractivity contribution < 1.29 is 12.8 Å². The molecule has 1 atom stereocenters. The molecule has 1 N–H and O–H groups in total. The predicted octanol–water partition coefficient (Wildman–Crippen LogP) is 2.50. The molecule has 1 aliphatic rings. The van der Waals surface area contributed by atoms with Gasteiger partial charge < -0.3 is 5.32 Å². The van der Waals surface area contributed by atoms with E-state index < -0.39 is 15.7 Å². The van der Waals surface area contributed by atoms with Crippen molar-refractivity contribution >= 4 is 38.0 Å². The number of pyridine rings is 1. The normalized spacial score (nSPS) is 20.0. The van der Waals surface area contributed by atoms with E-state index in [1.54, 1.807) is 0 Å². The fraction of sp³-hybridized carbons (Fsp3) is 0.286. The predicted molar refractivity (Wildman–Crippen MR) is 82.1 cm³/mol. The van der Waals surface area contributed by atoms with Gasteiger partial charge in [0.05, 0.1) is 27.8 Å². The Labute approximate surface area is 131 Å². The van der Waals surface area contributed by atoms with Gasteiger partial charge in [0.2, 0.25) is 0 Å². The number of nitrogens with one attached hydrogen (secondary N) is 1. The van der Waals surface area contributed by atoms with E-state index in [0.717, 1.165) is 0 Å². The SMILES string of the molecule is N#Cc1cnc2c(F)ccc(Cl)c2c1N[C@H]1CCS(=O)(=O)C1.